The molecule has 1 heterocycles. The van der Waals surface area contributed by atoms with Gasteiger partial charge in [-0.1, -0.05) is 18.2 Å². The first kappa shape index (κ1) is 16.3. The van der Waals surface area contributed by atoms with Crippen LogP contribution in [0.5, 0.6) is 0 Å². The Morgan fingerprint density at radius 1 is 1.08 bits per heavy atom. The van der Waals surface area contributed by atoms with Gasteiger partial charge < -0.3 is 9.72 Å². The minimum atomic E-state index is -3.59. The average Bonchev–Trinajstić information content (AvgIpc) is 2.98. The van der Waals surface area contributed by atoms with Crippen molar-refractivity contribution in [1.82, 2.24) is 4.98 Å². The van der Waals surface area contributed by atoms with Crippen LogP contribution in [0.1, 0.15) is 12.5 Å². The van der Waals surface area contributed by atoms with Gasteiger partial charge in [0.25, 0.3) is 0 Å². The number of hydrogen-bond acceptors (Lipinski definition) is 4. The summed E-state index contributed by atoms with van der Waals surface area (Å²) in [5.41, 5.74) is 1.50. The zero-order valence-electron chi connectivity index (χ0n) is 13.2. The molecule has 0 spiro atoms. The highest BCUT2D eigenvalue weighted by Crippen LogP contribution is 2.26. The molecular formula is C18H17NO4S. The zero-order valence-corrected chi connectivity index (χ0v) is 14.0. The van der Waals surface area contributed by atoms with E-state index in [9.17, 15) is 13.2 Å². The van der Waals surface area contributed by atoms with Crippen LogP contribution < -0.4 is 0 Å². The molecule has 0 aliphatic carbocycles. The second-order valence-corrected chi connectivity index (χ2v) is 7.27. The number of nitrogens with one attached hydrogen (secondary N) is 1. The van der Waals surface area contributed by atoms with E-state index < -0.39 is 9.84 Å². The van der Waals surface area contributed by atoms with Crippen LogP contribution in [0.4, 0.5) is 0 Å². The first-order chi connectivity index (χ1) is 11.5. The molecule has 124 valence electrons. The summed E-state index contributed by atoms with van der Waals surface area (Å²) in [5, 5.41) is 0.708. The standard InChI is InChI=1S/C18H17NO4S/c1-2-23-18(20)10-13-12-19-17-9-8-15(11-16(13)17)24(21,22)14-6-4-3-5-7-14/h3-9,11-12,19H,2,10H2,1H3. The van der Waals surface area contributed by atoms with E-state index in [2.05, 4.69) is 4.98 Å². The van der Waals surface area contributed by atoms with Crippen molar-refractivity contribution in [2.24, 2.45) is 0 Å². The molecule has 0 atom stereocenters. The van der Waals surface area contributed by atoms with Crippen molar-refractivity contribution >= 4 is 26.7 Å². The minimum Gasteiger partial charge on any atom is -0.466 e. The second-order valence-electron chi connectivity index (χ2n) is 5.32. The Kier molecular flexibility index (Phi) is 4.40. The predicted octanol–water partition coefficient (Wildman–Crippen LogP) is 3.11. The number of rotatable bonds is 5. The summed E-state index contributed by atoms with van der Waals surface area (Å²) in [7, 11) is -3.59. The molecule has 0 aliphatic heterocycles. The highest BCUT2D eigenvalue weighted by molar-refractivity contribution is 7.91. The third-order valence-electron chi connectivity index (χ3n) is 3.74. The van der Waals surface area contributed by atoms with Gasteiger partial charge >= 0.3 is 5.97 Å². The number of ether oxygens (including phenoxy) is 1. The van der Waals surface area contributed by atoms with Crippen molar-refractivity contribution in [3.05, 3.63) is 60.3 Å². The molecule has 24 heavy (non-hydrogen) atoms. The first-order valence-electron chi connectivity index (χ1n) is 7.58. The number of sulfone groups is 1. The van der Waals surface area contributed by atoms with Gasteiger partial charge in [-0.25, -0.2) is 8.42 Å². The molecule has 6 heteroatoms. The Hall–Kier alpha value is -2.60. The van der Waals surface area contributed by atoms with E-state index in [4.69, 9.17) is 4.74 Å². The summed E-state index contributed by atoms with van der Waals surface area (Å²) < 4.78 is 30.4. The molecule has 0 unspecified atom stereocenters. The number of aromatic amines is 1. The summed E-state index contributed by atoms with van der Waals surface area (Å²) >= 11 is 0. The van der Waals surface area contributed by atoms with E-state index in [0.717, 1.165) is 5.52 Å². The van der Waals surface area contributed by atoms with E-state index >= 15 is 0 Å². The number of aromatic nitrogens is 1. The molecule has 3 rings (SSSR count). The van der Waals surface area contributed by atoms with Gasteiger partial charge in [0.05, 0.1) is 22.8 Å². The number of H-pyrrole nitrogens is 1. The third-order valence-corrected chi connectivity index (χ3v) is 5.51. The molecule has 0 saturated carbocycles. The van der Waals surface area contributed by atoms with E-state index in [1.807, 2.05) is 0 Å². The Balaban J connectivity index is 2.03. The average molecular weight is 343 g/mol. The second kappa shape index (κ2) is 6.49. The molecular weight excluding hydrogens is 326 g/mol. The maximum Gasteiger partial charge on any atom is 0.310 e. The smallest absolute Gasteiger partial charge is 0.310 e. The lowest BCUT2D eigenvalue weighted by Crippen LogP contribution is -2.07. The van der Waals surface area contributed by atoms with Crippen molar-refractivity contribution in [3.63, 3.8) is 0 Å². The van der Waals surface area contributed by atoms with Gasteiger partial charge in [0.15, 0.2) is 0 Å². The molecule has 0 radical (unpaired) electrons. The van der Waals surface area contributed by atoms with Crippen molar-refractivity contribution in [2.45, 2.75) is 23.1 Å². The van der Waals surface area contributed by atoms with Crippen LogP contribution in [0, 0.1) is 0 Å². The molecule has 0 fully saturated rings. The Labute approximate surface area is 140 Å². The van der Waals surface area contributed by atoms with Crippen molar-refractivity contribution in [3.8, 4) is 0 Å². The molecule has 0 amide bonds. The fraction of sp³-hybridized carbons (Fsp3) is 0.167. The van der Waals surface area contributed by atoms with E-state index in [-0.39, 0.29) is 22.2 Å². The maximum atomic E-state index is 12.7. The van der Waals surface area contributed by atoms with Crippen LogP contribution in [-0.4, -0.2) is 26.0 Å². The van der Waals surface area contributed by atoms with Crippen LogP contribution >= 0.6 is 0 Å². The molecule has 0 aliphatic rings. The SMILES string of the molecule is CCOC(=O)Cc1c[nH]c2ccc(S(=O)(=O)c3ccccc3)cc12. The monoisotopic (exact) mass is 343 g/mol. The normalized spacial score (nSPS) is 11.5. The molecule has 0 saturated heterocycles. The van der Waals surface area contributed by atoms with Crippen LogP contribution in [0.2, 0.25) is 0 Å². The van der Waals surface area contributed by atoms with Gasteiger partial charge in [0.1, 0.15) is 0 Å². The fourth-order valence-corrected chi connectivity index (χ4v) is 3.88. The largest absolute Gasteiger partial charge is 0.466 e. The molecule has 5 nitrogen and oxygen atoms in total. The van der Waals surface area contributed by atoms with Crippen LogP contribution in [0.3, 0.4) is 0 Å². The lowest BCUT2D eigenvalue weighted by molar-refractivity contribution is -0.142. The number of esters is 1. The summed E-state index contributed by atoms with van der Waals surface area (Å²) in [6, 6.07) is 13.2. The maximum absolute atomic E-state index is 12.7. The topological polar surface area (TPSA) is 76.2 Å². The Morgan fingerprint density at radius 2 is 1.83 bits per heavy atom. The first-order valence-corrected chi connectivity index (χ1v) is 9.06. The number of hydrogen-bond donors (Lipinski definition) is 1. The molecule has 0 bridgehead atoms. The Bertz CT molecular complexity index is 975. The van der Waals surface area contributed by atoms with Gasteiger partial charge in [-0.2, -0.15) is 0 Å². The van der Waals surface area contributed by atoms with Gasteiger partial charge in [-0.05, 0) is 42.8 Å². The fourth-order valence-electron chi connectivity index (χ4n) is 2.57. The predicted molar refractivity (Wildman–Crippen MR) is 90.5 cm³/mol. The van der Waals surface area contributed by atoms with E-state index in [1.165, 1.54) is 0 Å². The zero-order chi connectivity index (χ0) is 17.2. The minimum absolute atomic E-state index is 0.0999. The number of fused-ring (bicyclic) bond motifs is 1. The third kappa shape index (κ3) is 3.05. The van der Waals surface area contributed by atoms with Gasteiger partial charge in [0.2, 0.25) is 9.84 Å². The summed E-state index contributed by atoms with van der Waals surface area (Å²) in [6.07, 6.45) is 1.81. The molecule has 2 aromatic carbocycles. The van der Waals surface area contributed by atoms with Gasteiger partial charge in [-0.3, -0.25) is 4.79 Å². The van der Waals surface area contributed by atoms with Crippen molar-refractivity contribution < 1.29 is 17.9 Å². The number of carbonyl (C=O) groups excluding carboxylic acids is 1. The number of carbonyl (C=O) groups is 1. The quantitative estimate of drug-likeness (QED) is 0.722. The molecule has 1 aromatic heterocycles. The van der Waals surface area contributed by atoms with Gasteiger partial charge in [-0.15, -0.1) is 0 Å². The van der Waals surface area contributed by atoms with Crippen LogP contribution in [0.25, 0.3) is 10.9 Å². The van der Waals surface area contributed by atoms with Gasteiger partial charge in [0, 0.05) is 17.1 Å². The summed E-state index contributed by atoms with van der Waals surface area (Å²) in [5.74, 6) is -0.338. The molecule has 1 N–H and O–H groups in total. The van der Waals surface area contributed by atoms with Crippen LogP contribution in [0.15, 0.2) is 64.5 Å². The summed E-state index contributed by atoms with van der Waals surface area (Å²) in [4.78, 5) is 15.2. The lowest BCUT2D eigenvalue weighted by atomic mass is 10.1. The summed E-state index contributed by atoms with van der Waals surface area (Å²) in [6.45, 7) is 2.06. The number of benzene rings is 2. The van der Waals surface area contributed by atoms with Crippen molar-refractivity contribution in [1.29, 1.82) is 0 Å². The highest BCUT2D eigenvalue weighted by atomic mass is 32.2. The van der Waals surface area contributed by atoms with E-state index in [1.54, 1.807) is 61.7 Å². The highest BCUT2D eigenvalue weighted by Gasteiger charge is 2.19. The van der Waals surface area contributed by atoms with Crippen molar-refractivity contribution in [2.75, 3.05) is 6.61 Å². The van der Waals surface area contributed by atoms with Crippen LogP contribution in [-0.2, 0) is 25.8 Å². The molecule has 3 aromatic rings. The van der Waals surface area contributed by atoms with E-state index in [0.29, 0.717) is 17.6 Å². The Morgan fingerprint density at radius 3 is 2.54 bits per heavy atom. The lowest BCUT2D eigenvalue weighted by Gasteiger charge is -2.06.